The van der Waals surface area contributed by atoms with Crippen LogP contribution in [0.4, 0.5) is 5.69 Å². The Balaban J connectivity index is 2.96. The number of anilines is 1. The van der Waals surface area contributed by atoms with Crippen LogP contribution in [0.15, 0.2) is 18.2 Å². The van der Waals surface area contributed by atoms with Gasteiger partial charge in [-0.15, -0.1) is 0 Å². The van der Waals surface area contributed by atoms with Crippen LogP contribution in [-0.2, 0) is 0 Å². The summed E-state index contributed by atoms with van der Waals surface area (Å²) >= 11 is 4.97. The van der Waals surface area contributed by atoms with Crippen molar-refractivity contribution in [3.05, 3.63) is 29.3 Å². The van der Waals surface area contributed by atoms with E-state index < -0.39 is 0 Å². The maximum atomic E-state index is 5.62. The summed E-state index contributed by atoms with van der Waals surface area (Å²) in [6, 6.07) is 6.19. The highest BCUT2D eigenvalue weighted by Crippen LogP contribution is 2.18. The van der Waals surface area contributed by atoms with E-state index in [9.17, 15) is 0 Å². The molecule has 2 N–H and O–H groups in total. The van der Waals surface area contributed by atoms with Crippen LogP contribution >= 0.6 is 12.2 Å². The van der Waals surface area contributed by atoms with Gasteiger partial charge in [-0.25, -0.2) is 0 Å². The first-order valence-corrected chi connectivity index (χ1v) is 5.58. The smallest absolute Gasteiger partial charge is 0.104 e. The fourth-order valence-corrected chi connectivity index (χ4v) is 1.86. The third-order valence-electron chi connectivity index (χ3n) is 2.48. The molecule has 0 spiro atoms. The monoisotopic (exact) mass is 222 g/mol. The van der Waals surface area contributed by atoms with Crippen LogP contribution < -0.4 is 10.6 Å². The molecule has 0 saturated heterocycles. The molecule has 0 bridgehead atoms. The summed E-state index contributed by atoms with van der Waals surface area (Å²) in [5, 5.41) is 0. The lowest BCUT2D eigenvalue weighted by Crippen LogP contribution is -2.18. The minimum Gasteiger partial charge on any atom is -0.389 e. The Bertz CT molecular complexity index is 361. The zero-order chi connectivity index (χ0) is 11.4. The lowest BCUT2D eigenvalue weighted by molar-refractivity contribution is 0.852. The van der Waals surface area contributed by atoms with Crippen LogP contribution in [-0.4, -0.2) is 18.6 Å². The Morgan fingerprint density at radius 2 is 2.13 bits per heavy atom. The van der Waals surface area contributed by atoms with Crippen LogP contribution in [0.25, 0.3) is 0 Å². The first-order valence-electron chi connectivity index (χ1n) is 5.17. The average molecular weight is 222 g/mol. The molecule has 0 aromatic heterocycles. The maximum Gasteiger partial charge on any atom is 0.104 e. The lowest BCUT2D eigenvalue weighted by atomic mass is 10.1. The Kier molecular flexibility index (Phi) is 4.09. The normalized spacial score (nSPS) is 10.1. The topological polar surface area (TPSA) is 29.3 Å². The number of nitrogens with zero attached hydrogens (tertiary/aromatic N) is 1. The van der Waals surface area contributed by atoms with Crippen LogP contribution in [0.3, 0.4) is 0 Å². The van der Waals surface area contributed by atoms with Crippen molar-refractivity contribution in [3.63, 3.8) is 0 Å². The van der Waals surface area contributed by atoms with Crippen molar-refractivity contribution in [1.29, 1.82) is 0 Å². The van der Waals surface area contributed by atoms with Gasteiger partial charge in [0.05, 0.1) is 0 Å². The number of rotatable bonds is 4. The maximum absolute atomic E-state index is 5.62. The first-order chi connectivity index (χ1) is 7.06. The van der Waals surface area contributed by atoms with E-state index in [-0.39, 0.29) is 0 Å². The predicted octanol–water partition coefficient (Wildman–Crippen LogP) is 2.48. The number of nitrogens with two attached hydrogens (primary N) is 1. The van der Waals surface area contributed by atoms with Gasteiger partial charge in [-0.3, -0.25) is 0 Å². The van der Waals surface area contributed by atoms with E-state index in [1.807, 2.05) is 13.0 Å². The number of thiocarbonyl (C=S) groups is 1. The zero-order valence-corrected chi connectivity index (χ0v) is 10.4. The Morgan fingerprint density at radius 1 is 1.47 bits per heavy atom. The Morgan fingerprint density at radius 3 is 2.60 bits per heavy atom. The largest absolute Gasteiger partial charge is 0.389 e. The van der Waals surface area contributed by atoms with E-state index in [4.69, 9.17) is 18.0 Å². The second-order valence-corrected chi connectivity index (χ2v) is 4.22. The fourth-order valence-electron chi connectivity index (χ4n) is 1.63. The molecule has 0 aliphatic carbocycles. The molecular formula is C12H18N2S. The molecule has 82 valence electrons. The predicted molar refractivity (Wildman–Crippen MR) is 70.6 cm³/mol. The van der Waals surface area contributed by atoms with E-state index in [0.29, 0.717) is 4.99 Å². The van der Waals surface area contributed by atoms with E-state index >= 15 is 0 Å². The van der Waals surface area contributed by atoms with Crippen molar-refractivity contribution in [2.75, 3.05) is 18.5 Å². The van der Waals surface area contributed by atoms with Gasteiger partial charge in [0.15, 0.2) is 0 Å². The van der Waals surface area contributed by atoms with Gasteiger partial charge in [-0.1, -0.05) is 19.1 Å². The number of hydrogen-bond donors (Lipinski definition) is 1. The minimum absolute atomic E-state index is 0.470. The Hall–Kier alpha value is -1.09. The highest BCUT2D eigenvalue weighted by atomic mass is 32.1. The van der Waals surface area contributed by atoms with Gasteiger partial charge in [0.25, 0.3) is 0 Å². The number of hydrogen-bond acceptors (Lipinski definition) is 2. The number of aryl methyl sites for hydroxylation is 1. The highest BCUT2D eigenvalue weighted by Gasteiger charge is 2.04. The zero-order valence-electron chi connectivity index (χ0n) is 9.58. The van der Waals surface area contributed by atoms with E-state index in [0.717, 1.165) is 24.1 Å². The molecule has 0 unspecified atom stereocenters. The molecule has 0 fully saturated rings. The van der Waals surface area contributed by atoms with E-state index in [1.165, 1.54) is 5.69 Å². The third-order valence-corrected chi connectivity index (χ3v) is 2.70. The van der Waals surface area contributed by atoms with E-state index in [2.05, 4.69) is 31.0 Å². The highest BCUT2D eigenvalue weighted by molar-refractivity contribution is 7.80. The average Bonchev–Trinajstić information content (AvgIpc) is 2.17. The van der Waals surface area contributed by atoms with Crippen LogP contribution in [0, 0.1) is 6.92 Å². The molecule has 0 saturated carbocycles. The van der Waals surface area contributed by atoms with Gasteiger partial charge in [0.1, 0.15) is 4.99 Å². The second-order valence-electron chi connectivity index (χ2n) is 3.79. The summed E-state index contributed by atoms with van der Waals surface area (Å²) in [5.41, 5.74) is 8.95. The van der Waals surface area contributed by atoms with Crippen molar-refractivity contribution in [1.82, 2.24) is 0 Å². The molecule has 3 heteroatoms. The summed E-state index contributed by atoms with van der Waals surface area (Å²) in [6.45, 7) is 5.27. The molecule has 1 aromatic carbocycles. The molecular weight excluding hydrogens is 204 g/mol. The van der Waals surface area contributed by atoms with Crippen molar-refractivity contribution in [2.24, 2.45) is 5.73 Å². The molecule has 2 nitrogen and oxygen atoms in total. The molecule has 0 radical (unpaired) electrons. The molecule has 0 atom stereocenters. The molecule has 0 amide bonds. The molecule has 0 aliphatic heterocycles. The van der Waals surface area contributed by atoms with Crippen LogP contribution in [0.1, 0.15) is 24.5 Å². The molecule has 0 heterocycles. The second kappa shape index (κ2) is 5.12. The summed E-state index contributed by atoms with van der Waals surface area (Å²) in [4.78, 5) is 2.70. The van der Waals surface area contributed by atoms with Gasteiger partial charge in [0.2, 0.25) is 0 Å². The molecule has 15 heavy (non-hydrogen) atoms. The van der Waals surface area contributed by atoms with Gasteiger partial charge in [-0.2, -0.15) is 0 Å². The minimum atomic E-state index is 0.470. The Labute approximate surface area is 97.1 Å². The number of benzene rings is 1. The summed E-state index contributed by atoms with van der Waals surface area (Å²) in [5.74, 6) is 0. The lowest BCUT2D eigenvalue weighted by Gasteiger charge is -2.19. The van der Waals surface area contributed by atoms with Crippen LogP contribution in [0.2, 0.25) is 0 Å². The summed E-state index contributed by atoms with van der Waals surface area (Å²) in [7, 11) is 2.10. The van der Waals surface area contributed by atoms with Crippen molar-refractivity contribution in [3.8, 4) is 0 Å². The van der Waals surface area contributed by atoms with Gasteiger partial charge in [-0.05, 0) is 37.1 Å². The summed E-state index contributed by atoms with van der Waals surface area (Å²) < 4.78 is 0. The van der Waals surface area contributed by atoms with Crippen molar-refractivity contribution < 1.29 is 0 Å². The SMILES string of the molecule is CCCN(C)c1ccc(C(N)=S)c(C)c1. The van der Waals surface area contributed by atoms with Gasteiger partial charge < -0.3 is 10.6 Å². The molecule has 0 aliphatic rings. The third kappa shape index (κ3) is 2.93. The first kappa shape index (κ1) is 12.0. The quantitative estimate of drug-likeness (QED) is 0.794. The van der Waals surface area contributed by atoms with Gasteiger partial charge in [0, 0.05) is 24.8 Å². The van der Waals surface area contributed by atoms with Crippen molar-refractivity contribution in [2.45, 2.75) is 20.3 Å². The van der Waals surface area contributed by atoms with Crippen LogP contribution in [0.5, 0.6) is 0 Å². The molecule has 1 rings (SSSR count). The van der Waals surface area contributed by atoms with Crippen molar-refractivity contribution >= 4 is 22.9 Å². The van der Waals surface area contributed by atoms with Gasteiger partial charge >= 0.3 is 0 Å². The molecule has 1 aromatic rings. The fraction of sp³-hybridized carbons (Fsp3) is 0.417. The standard InChI is InChI=1S/C12H18N2S/c1-4-7-14(3)10-5-6-11(12(13)15)9(2)8-10/h5-6,8H,4,7H2,1-3H3,(H2,13,15). The van der Waals surface area contributed by atoms with E-state index in [1.54, 1.807) is 0 Å². The summed E-state index contributed by atoms with van der Waals surface area (Å²) in [6.07, 6.45) is 1.15.